The van der Waals surface area contributed by atoms with Crippen molar-refractivity contribution >= 4 is 21.7 Å². The second-order valence-electron chi connectivity index (χ2n) is 4.03. The van der Waals surface area contributed by atoms with Gasteiger partial charge in [0.2, 0.25) is 5.91 Å². The molecule has 1 amide bonds. The van der Waals surface area contributed by atoms with E-state index in [2.05, 4.69) is 5.32 Å². The first-order chi connectivity index (χ1) is 9.32. The quantitative estimate of drug-likeness (QED) is 0.472. The van der Waals surface area contributed by atoms with Gasteiger partial charge in [-0.15, -0.1) is 0 Å². The number of nitrogens with one attached hydrogen (secondary N) is 1. The van der Waals surface area contributed by atoms with Crippen molar-refractivity contribution in [1.82, 2.24) is 5.32 Å². The molecule has 0 aliphatic rings. The van der Waals surface area contributed by atoms with E-state index in [0.29, 0.717) is 6.61 Å². The standard InChI is InChI=1S/C11H21NO7S/c1-3-20(16,17)7-4-9(11(14)15)12-10(13)8-19-6-5-18-2/h9H,3-8H2,1-2H3,(H,12,13)(H,14,15). The number of sulfone groups is 1. The van der Waals surface area contributed by atoms with Crippen molar-refractivity contribution in [2.75, 3.05) is 38.4 Å². The number of hydrogen-bond donors (Lipinski definition) is 2. The molecule has 0 saturated carbocycles. The Morgan fingerprint density at radius 2 is 1.95 bits per heavy atom. The van der Waals surface area contributed by atoms with Crippen molar-refractivity contribution in [3.63, 3.8) is 0 Å². The summed E-state index contributed by atoms with van der Waals surface area (Å²) in [5.41, 5.74) is 0. The lowest BCUT2D eigenvalue weighted by Crippen LogP contribution is -2.43. The van der Waals surface area contributed by atoms with Crippen LogP contribution in [0.1, 0.15) is 13.3 Å². The van der Waals surface area contributed by atoms with E-state index < -0.39 is 27.8 Å². The Balaban J connectivity index is 4.20. The van der Waals surface area contributed by atoms with Crippen LogP contribution >= 0.6 is 0 Å². The molecule has 0 radical (unpaired) electrons. The average Bonchev–Trinajstić information content (AvgIpc) is 2.39. The molecule has 118 valence electrons. The van der Waals surface area contributed by atoms with Gasteiger partial charge < -0.3 is 19.9 Å². The molecule has 0 saturated heterocycles. The second kappa shape index (κ2) is 9.67. The first-order valence-electron chi connectivity index (χ1n) is 6.11. The molecule has 0 aromatic carbocycles. The third-order valence-electron chi connectivity index (χ3n) is 2.46. The fraction of sp³-hybridized carbons (Fsp3) is 0.818. The van der Waals surface area contributed by atoms with Crippen molar-refractivity contribution in [3.8, 4) is 0 Å². The molecule has 0 fully saturated rings. The number of ether oxygens (including phenoxy) is 2. The smallest absolute Gasteiger partial charge is 0.326 e. The largest absolute Gasteiger partial charge is 0.480 e. The molecule has 20 heavy (non-hydrogen) atoms. The third kappa shape index (κ3) is 8.83. The zero-order valence-electron chi connectivity index (χ0n) is 11.6. The van der Waals surface area contributed by atoms with Gasteiger partial charge in [-0.3, -0.25) is 4.79 Å². The maximum Gasteiger partial charge on any atom is 0.326 e. The maximum atomic E-state index is 11.4. The Kier molecular flexibility index (Phi) is 9.10. The van der Waals surface area contributed by atoms with Gasteiger partial charge in [0.15, 0.2) is 0 Å². The highest BCUT2D eigenvalue weighted by Gasteiger charge is 2.22. The fourth-order valence-electron chi connectivity index (χ4n) is 1.24. The topological polar surface area (TPSA) is 119 Å². The predicted molar refractivity (Wildman–Crippen MR) is 71.2 cm³/mol. The van der Waals surface area contributed by atoms with Crippen LogP contribution in [0.5, 0.6) is 0 Å². The normalized spacial score (nSPS) is 12.9. The molecule has 0 aromatic heterocycles. The summed E-state index contributed by atoms with van der Waals surface area (Å²) in [4.78, 5) is 22.4. The molecule has 1 unspecified atom stereocenters. The van der Waals surface area contributed by atoms with Crippen LogP contribution in [0.25, 0.3) is 0 Å². The minimum Gasteiger partial charge on any atom is -0.480 e. The van der Waals surface area contributed by atoms with Crippen LogP contribution in [0.2, 0.25) is 0 Å². The van der Waals surface area contributed by atoms with Gasteiger partial charge in [0, 0.05) is 12.9 Å². The van der Waals surface area contributed by atoms with Crippen molar-refractivity contribution < 1.29 is 32.6 Å². The van der Waals surface area contributed by atoms with E-state index in [-0.39, 0.29) is 31.1 Å². The van der Waals surface area contributed by atoms with Gasteiger partial charge in [0.1, 0.15) is 22.5 Å². The Bertz CT molecular complexity index is 407. The van der Waals surface area contributed by atoms with E-state index in [1.807, 2.05) is 0 Å². The summed E-state index contributed by atoms with van der Waals surface area (Å²) in [6, 6.07) is -1.24. The van der Waals surface area contributed by atoms with E-state index in [4.69, 9.17) is 14.6 Å². The average molecular weight is 311 g/mol. The number of carboxylic acids is 1. The molecule has 0 bridgehead atoms. The number of rotatable bonds is 11. The number of carbonyl (C=O) groups excluding carboxylic acids is 1. The molecular formula is C11H21NO7S. The maximum absolute atomic E-state index is 11.4. The van der Waals surface area contributed by atoms with Gasteiger partial charge in [-0.25, -0.2) is 13.2 Å². The lowest BCUT2D eigenvalue weighted by Gasteiger charge is -2.14. The first kappa shape index (κ1) is 18.8. The van der Waals surface area contributed by atoms with Gasteiger partial charge in [0.25, 0.3) is 0 Å². The Hall–Kier alpha value is -1.19. The summed E-state index contributed by atoms with van der Waals surface area (Å²) in [5, 5.41) is 11.2. The van der Waals surface area contributed by atoms with Crippen LogP contribution in [0.15, 0.2) is 0 Å². The zero-order chi connectivity index (χ0) is 15.6. The Morgan fingerprint density at radius 3 is 2.45 bits per heavy atom. The molecule has 1 atom stereocenters. The van der Waals surface area contributed by atoms with E-state index >= 15 is 0 Å². The fourth-order valence-corrected chi connectivity index (χ4v) is 2.13. The molecule has 0 aromatic rings. The summed E-state index contributed by atoms with van der Waals surface area (Å²) in [7, 11) is -1.79. The van der Waals surface area contributed by atoms with Crippen molar-refractivity contribution in [3.05, 3.63) is 0 Å². The lowest BCUT2D eigenvalue weighted by molar-refractivity contribution is -0.142. The SMILES string of the molecule is CCS(=O)(=O)CCC(NC(=O)COCCOC)C(=O)O. The molecule has 0 heterocycles. The van der Waals surface area contributed by atoms with E-state index in [0.717, 1.165) is 0 Å². The number of methoxy groups -OCH3 is 1. The molecule has 9 heteroatoms. The molecule has 0 rings (SSSR count). The highest BCUT2D eigenvalue weighted by atomic mass is 32.2. The van der Waals surface area contributed by atoms with Gasteiger partial charge in [-0.2, -0.15) is 0 Å². The van der Waals surface area contributed by atoms with Gasteiger partial charge >= 0.3 is 5.97 Å². The number of amides is 1. The summed E-state index contributed by atoms with van der Waals surface area (Å²) in [5.74, 6) is -2.23. The van der Waals surface area contributed by atoms with Crippen LogP contribution in [0.3, 0.4) is 0 Å². The number of carboxylic acid groups (broad SMARTS) is 1. The highest BCUT2D eigenvalue weighted by Crippen LogP contribution is 1.99. The minimum absolute atomic E-state index is 0.0621. The Morgan fingerprint density at radius 1 is 1.30 bits per heavy atom. The molecule has 2 N–H and O–H groups in total. The van der Waals surface area contributed by atoms with Crippen LogP contribution in [0, 0.1) is 0 Å². The van der Waals surface area contributed by atoms with Gasteiger partial charge in [0.05, 0.1) is 19.0 Å². The van der Waals surface area contributed by atoms with E-state index in [1.165, 1.54) is 14.0 Å². The number of carbonyl (C=O) groups is 2. The molecule has 8 nitrogen and oxygen atoms in total. The minimum atomic E-state index is -3.27. The van der Waals surface area contributed by atoms with Gasteiger partial charge in [-0.05, 0) is 6.42 Å². The first-order valence-corrected chi connectivity index (χ1v) is 7.93. The molecular weight excluding hydrogens is 290 g/mol. The molecule has 0 spiro atoms. The monoisotopic (exact) mass is 311 g/mol. The third-order valence-corrected chi connectivity index (χ3v) is 4.19. The van der Waals surface area contributed by atoms with Crippen LogP contribution in [0.4, 0.5) is 0 Å². The van der Waals surface area contributed by atoms with Gasteiger partial charge in [-0.1, -0.05) is 6.92 Å². The van der Waals surface area contributed by atoms with Crippen LogP contribution in [-0.2, 0) is 28.9 Å². The predicted octanol–water partition coefficient (Wildman–Crippen LogP) is -0.956. The van der Waals surface area contributed by atoms with E-state index in [1.54, 1.807) is 0 Å². The van der Waals surface area contributed by atoms with Crippen LogP contribution < -0.4 is 5.32 Å². The highest BCUT2D eigenvalue weighted by molar-refractivity contribution is 7.91. The van der Waals surface area contributed by atoms with Crippen molar-refractivity contribution in [1.29, 1.82) is 0 Å². The number of hydrogen-bond acceptors (Lipinski definition) is 6. The van der Waals surface area contributed by atoms with Crippen molar-refractivity contribution in [2.24, 2.45) is 0 Å². The second-order valence-corrected chi connectivity index (χ2v) is 6.50. The summed E-state index contributed by atoms with van der Waals surface area (Å²) >= 11 is 0. The summed E-state index contributed by atoms with van der Waals surface area (Å²) < 4.78 is 32.3. The summed E-state index contributed by atoms with van der Waals surface area (Å²) in [6.07, 6.45) is -0.171. The lowest BCUT2D eigenvalue weighted by atomic mass is 10.2. The van der Waals surface area contributed by atoms with Crippen molar-refractivity contribution in [2.45, 2.75) is 19.4 Å². The molecule has 0 aliphatic heterocycles. The molecule has 0 aliphatic carbocycles. The number of aliphatic carboxylic acids is 1. The summed E-state index contributed by atoms with van der Waals surface area (Å²) in [6.45, 7) is 1.72. The Labute approximate surface area is 118 Å². The van der Waals surface area contributed by atoms with Crippen LogP contribution in [-0.4, -0.2) is 69.9 Å². The van der Waals surface area contributed by atoms with E-state index in [9.17, 15) is 18.0 Å². The zero-order valence-corrected chi connectivity index (χ0v) is 12.4.